The highest BCUT2D eigenvalue weighted by molar-refractivity contribution is 6.35. The van der Waals surface area contributed by atoms with E-state index in [9.17, 15) is 9.90 Å². The van der Waals surface area contributed by atoms with Crippen molar-refractivity contribution in [2.75, 3.05) is 31.7 Å². The molecular weight excluding hydrogens is 407 g/mol. The number of carboxylic acid groups (broad SMARTS) is 1. The molecule has 9 heteroatoms. The van der Waals surface area contributed by atoms with E-state index < -0.39 is 12.0 Å². The molecule has 0 radical (unpaired) electrons. The van der Waals surface area contributed by atoms with E-state index in [-0.39, 0.29) is 47.8 Å². The summed E-state index contributed by atoms with van der Waals surface area (Å²) in [5, 5.41) is 30.6. The number of hydrogen-bond acceptors (Lipinski definition) is 6. The molecule has 0 aliphatic rings. The number of aliphatic hydroxyl groups is 1. The van der Waals surface area contributed by atoms with Gasteiger partial charge in [0.25, 0.3) is 0 Å². The Morgan fingerprint density at radius 3 is 2.50 bits per heavy atom. The van der Waals surface area contributed by atoms with Gasteiger partial charge < -0.3 is 25.0 Å². The molecule has 2 aromatic carbocycles. The van der Waals surface area contributed by atoms with Gasteiger partial charge in [-0.15, -0.1) is 0 Å². The largest absolute Gasteiger partial charge is 0.489 e. The standard InChI is InChI=1S/C19H18Cl2N2O5/c20-13-9-15(18(16(21)10-13)28-8-7-27-6-5-24)17(19(25)26)23-14-3-1-12(11-22)2-4-14/h1-4,9-10,17,23-24H,5-8H2,(H,25,26). The van der Waals surface area contributed by atoms with Crippen molar-refractivity contribution in [2.24, 2.45) is 0 Å². The van der Waals surface area contributed by atoms with Gasteiger partial charge in [0.15, 0.2) is 6.04 Å². The second-order valence-electron chi connectivity index (χ2n) is 5.60. The molecule has 0 aliphatic heterocycles. The van der Waals surface area contributed by atoms with Gasteiger partial charge >= 0.3 is 5.97 Å². The summed E-state index contributed by atoms with van der Waals surface area (Å²) in [4.78, 5) is 11.9. The Kier molecular flexibility index (Phi) is 8.36. The number of halogens is 2. The number of nitrogens with one attached hydrogen (secondary N) is 1. The molecule has 0 saturated carbocycles. The van der Waals surface area contributed by atoms with E-state index in [0.29, 0.717) is 11.3 Å². The van der Waals surface area contributed by atoms with Gasteiger partial charge in [0.1, 0.15) is 12.4 Å². The number of nitriles is 1. The lowest BCUT2D eigenvalue weighted by atomic mass is 10.0. The van der Waals surface area contributed by atoms with E-state index in [0.717, 1.165) is 0 Å². The van der Waals surface area contributed by atoms with Crippen LogP contribution in [0.5, 0.6) is 5.75 Å². The fourth-order valence-corrected chi connectivity index (χ4v) is 2.96. The molecule has 28 heavy (non-hydrogen) atoms. The number of aliphatic hydroxyl groups excluding tert-OH is 1. The molecule has 0 saturated heterocycles. The Morgan fingerprint density at radius 2 is 1.89 bits per heavy atom. The minimum atomic E-state index is -1.20. The van der Waals surface area contributed by atoms with Gasteiger partial charge in [0.2, 0.25) is 0 Å². The number of nitrogens with zero attached hydrogens (tertiary/aromatic N) is 1. The highest BCUT2D eigenvalue weighted by Gasteiger charge is 2.26. The molecule has 1 unspecified atom stereocenters. The fraction of sp³-hybridized carbons (Fsp3) is 0.263. The number of benzene rings is 2. The third-order valence-corrected chi connectivity index (χ3v) is 4.13. The lowest BCUT2D eigenvalue weighted by Gasteiger charge is -2.21. The molecule has 2 rings (SSSR count). The molecular formula is C19H18Cl2N2O5. The quantitative estimate of drug-likeness (QED) is 0.500. The minimum absolute atomic E-state index is 0.109. The third kappa shape index (κ3) is 6.01. The van der Waals surface area contributed by atoms with Crippen LogP contribution in [0.4, 0.5) is 5.69 Å². The highest BCUT2D eigenvalue weighted by atomic mass is 35.5. The Labute approximate surface area is 172 Å². The predicted molar refractivity (Wildman–Crippen MR) is 105 cm³/mol. The summed E-state index contributed by atoms with van der Waals surface area (Å²) >= 11 is 12.3. The number of hydrogen-bond donors (Lipinski definition) is 3. The normalized spacial score (nSPS) is 11.5. The summed E-state index contributed by atoms with van der Waals surface area (Å²) in [6.45, 7) is 0.364. The predicted octanol–water partition coefficient (Wildman–Crippen LogP) is 3.49. The van der Waals surface area contributed by atoms with E-state index in [1.807, 2.05) is 6.07 Å². The topological polar surface area (TPSA) is 112 Å². The first kappa shape index (κ1) is 21.8. The SMILES string of the molecule is N#Cc1ccc(NC(C(=O)O)c2cc(Cl)cc(Cl)c2OCCOCCO)cc1. The second-order valence-corrected chi connectivity index (χ2v) is 6.44. The van der Waals surface area contributed by atoms with Gasteiger partial charge in [-0.3, -0.25) is 0 Å². The van der Waals surface area contributed by atoms with E-state index in [1.165, 1.54) is 12.1 Å². The first-order valence-electron chi connectivity index (χ1n) is 8.26. The van der Waals surface area contributed by atoms with Crippen molar-refractivity contribution in [3.63, 3.8) is 0 Å². The van der Waals surface area contributed by atoms with Crippen LogP contribution in [0.2, 0.25) is 10.0 Å². The van der Waals surface area contributed by atoms with Crippen LogP contribution in [0, 0.1) is 11.3 Å². The molecule has 3 N–H and O–H groups in total. The smallest absolute Gasteiger partial charge is 0.330 e. The molecule has 148 valence electrons. The number of carbonyl (C=O) groups is 1. The van der Waals surface area contributed by atoms with Gasteiger partial charge in [-0.1, -0.05) is 23.2 Å². The number of aliphatic carboxylic acids is 1. The van der Waals surface area contributed by atoms with Gasteiger partial charge in [-0.05, 0) is 36.4 Å². The van der Waals surface area contributed by atoms with Gasteiger partial charge in [0.05, 0.1) is 36.5 Å². The van der Waals surface area contributed by atoms with Crippen molar-refractivity contribution < 1.29 is 24.5 Å². The monoisotopic (exact) mass is 424 g/mol. The summed E-state index contributed by atoms with van der Waals surface area (Å²) < 4.78 is 10.8. The van der Waals surface area contributed by atoms with E-state index >= 15 is 0 Å². The number of ether oxygens (including phenoxy) is 2. The summed E-state index contributed by atoms with van der Waals surface area (Å²) in [5.74, 6) is -0.990. The van der Waals surface area contributed by atoms with Crippen LogP contribution in [-0.2, 0) is 9.53 Å². The zero-order chi connectivity index (χ0) is 20.5. The molecule has 0 aliphatic carbocycles. The lowest BCUT2D eigenvalue weighted by Crippen LogP contribution is -2.22. The van der Waals surface area contributed by atoms with Crippen LogP contribution >= 0.6 is 23.2 Å². The number of carboxylic acids is 1. The van der Waals surface area contributed by atoms with Crippen LogP contribution in [0.3, 0.4) is 0 Å². The first-order chi connectivity index (χ1) is 13.5. The Bertz CT molecular complexity index is 853. The third-order valence-electron chi connectivity index (χ3n) is 3.63. The Balaban J connectivity index is 2.28. The molecule has 0 fully saturated rings. The average Bonchev–Trinajstić information content (AvgIpc) is 2.67. The van der Waals surface area contributed by atoms with Crippen molar-refractivity contribution in [3.05, 3.63) is 57.6 Å². The maximum atomic E-state index is 11.9. The van der Waals surface area contributed by atoms with Crippen LogP contribution in [0.15, 0.2) is 36.4 Å². The molecule has 0 amide bonds. The zero-order valence-electron chi connectivity index (χ0n) is 14.7. The van der Waals surface area contributed by atoms with Gasteiger partial charge in [-0.2, -0.15) is 5.26 Å². The van der Waals surface area contributed by atoms with Crippen LogP contribution in [0.1, 0.15) is 17.2 Å². The molecule has 0 bridgehead atoms. The summed E-state index contributed by atoms with van der Waals surface area (Å²) in [6.07, 6.45) is 0. The van der Waals surface area contributed by atoms with Crippen LogP contribution in [0.25, 0.3) is 0 Å². The molecule has 0 spiro atoms. The summed E-state index contributed by atoms with van der Waals surface area (Å²) in [5.41, 5.74) is 1.20. The van der Waals surface area contributed by atoms with Crippen molar-refractivity contribution in [1.82, 2.24) is 0 Å². The molecule has 0 aromatic heterocycles. The van der Waals surface area contributed by atoms with E-state index in [4.69, 9.17) is 43.0 Å². The summed E-state index contributed by atoms with van der Waals surface area (Å²) in [6, 6.07) is 10.1. The maximum Gasteiger partial charge on any atom is 0.330 e. The molecule has 0 heterocycles. The lowest BCUT2D eigenvalue weighted by molar-refractivity contribution is -0.138. The van der Waals surface area contributed by atoms with Crippen LogP contribution in [-0.4, -0.2) is 42.6 Å². The average molecular weight is 425 g/mol. The first-order valence-corrected chi connectivity index (χ1v) is 9.01. The number of rotatable bonds is 10. The fourth-order valence-electron chi connectivity index (χ4n) is 2.40. The number of anilines is 1. The van der Waals surface area contributed by atoms with Crippen LogP contribution < -0.4 is 10.1 Å². The van der Waals surface area contributed by atoms with Crippen molar-refractivity contribution >= 4 is 34.9 Å². The van der Waals surface area contributed by atoms with E-state index in [1.54, 1.807) is 24.3 Å². The maximum absolute atomic E-state index is 11.9. The van der Waals surface area contributed by atoms with Gasteiger partial charge in [-0.25, -0.2) is 4.79 Å². The highest BCUT2D eigenvalue weighted by Crippen LogP contribution is 2.37. The van der Waals surface area contributed by atoms with E-state index in [2.05, 4.69) is 5.32 Å². The van der Waals surface area contributed by atoms with Gasteiger partial charge in [0, 0.05) is 16.3 Å². The van der Waals surface area contributed by atoms with Crippen molar-refractivity contribution in [3.8, 4) is 11.8 Å². The molecule has 1 atom stereocenters. The van der Waals surface area contributed by atoms with Crippen molar-refractivity contribution in [2.45, 2.75) is 6.04 Å². The zero-order valence-corrected chi connectivity index (χ0v) is 16.2. The summed E-state index contributed by atoms with van der Waals surface area (Å²) in [7, 11) is 0. The Hall–Kier alpha value is -2.50. The Morgan fingerprint density at radius 1 is 1.18 bits per heavy atom. The second kappa shape index (κ2) is 10.7. The molecule has 7 nitrogen and oxygen atoms in total. The minimum Gasteiger partial charge on any atom is -0.489 e. The van der Waals surface area contributed by atoms with Crippen molar-refractivity contribution in [1.29, 1.82) is 5.26 Å². The molecule has 2 aromatic rings.